The zero-order valence-corrected chi connectivity index (χ0v) is 38.9. The van der Waals surface area contributed by atoms with E-state index >= 15 is 0 Å². The highest BCUT2D eigenvalue weighted by atomic mass is 15.2. The third-order valence-electron chi connectivity index (χ3n) is 16.5. The lowest BCUT2D eigenvalue weighted by Gasteiger charge is -2.37. The Morgan fingerprint density at radius 3 is 2.44 bits per heavy atom. The number of fused-ring (bicyclic) bond motifs is 13. The third-order valence-corrected chi connectivity index (χ3v) is 16.5. The van der Waals surface area contributed by atoms with Crippen LogP contribution in [0.5, 0.6) is 0 Å². The Balaban J connectivity index is 0.878. The molecule has 1 N–H and O–H groups in total. The summed E-state index contributed by atoms with van der Waals surface area (Å²) >= 11 is 0. The van der Waals surface area contributed by atoms with Crippen molar-refractivity contribution in [3.05, 3.63) is 251 Å². The minimum atomic E-state index is -0.356. The van der Waals surface area contributed by atoms with Crippen LogP contribution >= 0.6 is 0 Å². The number of aliphatic imine (C=N–C) groups is 2. The van der Waals surface area contributed by atoms with Gasteiger partial charge in [-0.2, -0.15) is 0 Å². The van der Waals surface area contributed by atoms with Gasteiger partial charge in [-0.15, -0.1) is 0 Å². The smallest absolute Gasteiger partial charge is 0.159 e. The van der Waals surface area contributed by atoms with Crippen molar-refractivity contribution in [1.82, 2.24) is 9.88 Å². The molecule has 0 saturated carbocycles. The van der Waals surface area contributed by atoms with Gasteiger partial charge in [-0.25, -0.2) is 9.98 Å². The van der Waals surface area contributed by atoms with E-state index in [1.807, 2.05) is 0 Å². The number of anilines is 1. The Morgan fingerprint density at radius 1 is 0.671 bits per heavy atom. The van der Waals surface area contributed by atoms with E-state index in [2.05, 4.69) is 227 Å². The number of aromatic nitrogens is 1. The SMILES string of the molecule is C1=CCC2C=C3C(=CC2=C1)N(c1ccccc1C1=NC(c2ccc4c(ccc5ccccc54)c2)=NC(c2ccc4ccccc4c2)N1)C1CC(n2c4c(c5ccccc52)C2CCC=CC2C=C4)C=CC31. The van der Waals surface area contributed by atoms with E-state index in [9.17, 15) is 0 Å². The van der Waals surface area contributed by atoms with E-state index in [4.69, 9.17) is 9.98 Å². The van der Waals surface area contributed by atoms with Crippen LogP contribution in [0.4, 0.5) is 5.69 Å². The number of nitrogens with zero attached hydrogens (tertiary/aromatic N) is 4. The van der Waals surface area contributed by atoms with E-state index in [-0.39, 0.29) is 24.2 Å². The molecule has 5 nitrogen and oxygen atoms in total. The molecule has 7 unspecified atom stereocenters. The molecule has 70 heavy (non-hydrogen) atoms. The fourth-order valence-corrected chi connectivity index (χ4v) is 13.2. The molecule has 7 aromatic carbocycles. The highest BCUT2D eigenvalue weighted by Crippen LogP contribution is 2.53. The molecule has 0 radical (unpaired) electrons. The van der Waals surface area contributed by atoms with Crippen molar-refractivity contribution in [3.8, 4) is 0 Å². The van der Waals surface area contributed by atoms with Crippen LogP contribution in [0.15, 0.2) is 233 Å². The van der Waals surface area contributed by atoms with Crippen molar-refractivity contribution in [3.63, 3.8) is 0 Å². The molecule has 1 fully saturated rings. The molecular formula is C65H51N5. The topological polar surface area (TPSA) is 44.9 Å². The lowest BCUT2D eigenvalue weighted by Crippen LogP contribution is -2.39. The number of benzene rings is 7. The van der Waals surface area contributed by atoms with Gasteiger partial charge in [0.2, 0.25) is 0 Å². The van der Waals surface area contributed by atoms with E-state index in [0.29, 0.717) is 17.8 Å². The van der Waals surface area contributed by atoms with Crippen LogP contribution in [0.25, 0.3) is 49.3 Å². The van der Waals surface area contributed by atoms with Gasteiger partial charge in [-0.3, -0.25) is 0 Å². The summed E-state index contributed by atoms with van der Waals surface area (Å²) in [6, 6.07) is 53.7. The maximum Gasteiger partial charge on any atom is 0.159 e. The van der Waals surface area contributed by atoms with Gasteiger partial charge in [-0.1, -0.05) is 170 Å². The summed E-state index contributed by atoms with van der Waals surface area (Å²) in [7, 11) is 0. The molecule has 2 aliphatic heterocycles. The van der Waals surface area contributed by atoms with Gasteiger partial charge in [0.15, 0.2) is 5.84 Å². The summed E-state index contributed by atoms with van der Waals surface area (Å²) in [5, 5.41) is 12.7. The quantitative estimate of drug-likeness (QED) is 0.138. The monoisotopic (exact) mass is 901 g/mol. The second-order valence-electron chi connectivity index (χ2n) is 20.3. The summed E-state index contributed by atoms with van der Waals surface area (Å²) in [4.78, 5) is 13.7. The summed E-state index contributed by atoms with van der Waals surface area (Å²) in [5.41, 5.74) is 12.8. The number of allylic oxidation sites excluding steroid dienone is 11. The zero-order chi connectivity index (χ0) is 45.9. The fourth-order valence-electron chi connectivity index (χ4n) is 13.2. The Labute approximate surface area is 408 Å². The molecule has 1 saturated heterocycles. The number of hydrogen-bond acceptors (Lipinski definition) is 4. The summed E-state index contributed by atoms with van der Waals surface area (Å²) in [6.45, 7) is 0. The van der Waals surface area contributed by atoms with Crippen LogP contribution in [0, 0.1) is 17.8 Å². The van der Waals surface area contributed by atoms with E-state index in [0.717, 1.165) is 53.3 Å². The zero-order valence-electron chi connectivity index (χ0n) is 38.9. The molecule has 3 heterocycles. The highest BCUT2D eigenvalue weighted by Gasteiger charge is 2.47. The van der Waals surface area contributed by atoms with Crippen molar-refractivity contribution in [1.29, 1.82) is 0 Å². The van der Waals surface area contributed by atoms with Crippen molar-refractivity contribution < 1.29 is 0 Å². The van der Waals surface area contributed by atoms with Crippen LogP contribution < -0.4 is 10.2 Å². The fraction of sp³-hybridized carbons (Fsp3) is 0.169. The van der Waals surface area contributed by atoms with Crippen LogP contribution in [0.1, 0.15) is 71.8 Å². The number of nitrogens with one attached hydrogen (secondary N) is 1. The van der Waals surface area contributed by atoms with Gasteiger partial charge >= 0.3 is 0 Å². The Bertz CT molecular complexity index is 3830. The first-order chi connectivity index (χ1) is 34.7. The minimum Gasteiger partial charge on any atom is -0.344 e. The van der Waals surface area contributed by atoms with Crippen molar-refractivity contribution >= 4 is 66.7 Å². The Kier molecular flexibility index (Phi) is 8.99. The van der Waals surface area contributed by atoms with Crippen LogP contribution in [0.2, 0.25) is 0 Å². The van der Waals surface area contributed by atoms with Gasteiger partial charge in [0, 0.05) is 57.2 Å². The van der Waals surface area contributed by atoms with Crippen molar-refractivity contribution in [2.45, 2.75) is 49.9 Å². The summed E-state index contributed by atoms with van der Waals surface area (Å²) < 4.78 is 2.69. The predicted octanol–water partition coefficient (Wildman–Crippen LogP) is 15.0. The second kappa shape index (κ2) is 15.8. The first kappa shape index (κ1) is 39.9. The van der Waals surface area contributed by atoms with Crippen LogP contribution in [-0.2, 0) is 0 Å². The Hall–Kier alpha value is -8.02. The number of amidine groups is 2. The van der Waals surface area contributed by atoms with Gasteiger partial charge in [0.1, 0.15) is 12.0 Å². The van der Waals surface area contributed by atoms with Crippen LogP contribution in [0.3, 0.4) is 0 Å². The van der Waals surface area contributed by atoms with Crippen molar-refractivity contribution in [2.75, 3.05) is 4.90 Å². The summed E-state index contributed by atoms with van der Waals surface area (Å²) in [5.74, 6) is 3.17. The molecule has 336 valence electrons. The normalized spacial score (nSPS) is 25.1. The third kappa shape index (κ3) is 6.23. The molecule has 15 rings (SSSR count). The van der Waals surface area contributed by atoms with E-state index in [1.54, 1.807) is 5.56 Å². The van der Waals surface area contributed by atoms with Gasteiger partial charge < -0.3 is 14.8 Å². The van der Waals surface area contributed by atoms with Crippen molar-refractivity contribution in [2.24, 2.45) is 27.7 Å². The number of para-hydroxylation sites is 2. The molecule has 5 aliphatic carbocycles. The average molecular weight is 902 g/mol. The molecule has 0 bridgehead atoms. The maximum absolute atomic E-state index is 5.55. The average Bonchev–Trinajstić information content (AvgIpc) is 3.94. The lowest BCUT2D eigenvalue weighted by molar-refractivity contribution is 0.436. The van der Waals surface area contributed by atoms with Gasteiger partial charge in [0.25, 0.3) is 0 Å². The molecule has 5 heteroatoms. The van der Waals surface area contributed by atoms with E-state index in [1.165, 1.54) is 72.2 Å². The molecule has 7 aliphatic rings. The predicted molar refractivity (Wildman–Crippen MR) is 290 cm³/mol. The molecule has 0 amide bonds. The molecule has 0 spiro atoms. The largest absolute Gasteiger partial charge is 0.344 e. The van der Waals surface area contributed by atoms with Crippen LogP contribution in [-0.4, -0.2) is 22.3 Å². The molecular weight excluding hydrogens is 851 g/mol. The number of rotatable bonds is 5. The molecule has 7 atom stereocenters. The first-order valence-electron chi connectivity index (χ1n) is 25.4. The summed E-state index contributed by atoms with van der Waals surface area (Å²) in [6.07, 6.45) is 30.8. The Morgan fingerprint density at radius 2 is 1.49 bits per heavy atom. The first-order valence-corrected chi connectivity index (χ1v) is 25.4. The van der Waals surface area contributed by atoms with Gasteiger partial charge in [0.05, 0.1) is 11.7 Å². The van der Waals surface area contributed by atoms with E-state index < -0.39 is 0 Å². The highest BCUT2D eigenvalue weighted by molar-refractivity contribution is 6.17. The maximum atomic E-state index is 5.55. The standard InChI is InChI=1S/C65H51N5/c1-2-16-43-35-47(28-25-40(43)13-1)63-66-64(48-29-32-51-46(36-48)27-26-41-14-5-7-19-50(41)51)68-65(67-63)55-22-10-12-24-58(55)70-60-38-45-18-4-3-17-44(45)37-56(60)53-33-31-49(39-61(53)70)69-57-23-11-9-21-54(57)62-52-20-8-6-15-42(52)30-34-59(62)69/h1-7,9-16,18-19,21-38,42,44,49,52-53,61,63H,8,17,20,39H2,(H,66,67,68). The number of hydrogen-bond donors (Lipinski definition) is 1. The second-order valence-corrected chi connectivity index (χ2v) is 20.3. The van der Waals surface area contributed by atoms with Gasteiger partial charge in [-0.05, 0) is 129 Å². The minimum absolute atomic E-state index is 0.181. The molecule has 8 aromatic rings. The molecule has 1 aromatic heterocycles. The lowest BCUT2D eigenvalue weighted by atomic mass is 9.75.